The van der Waals surface area contributed by atoms with Gasteiger partial charge in [-0.3, -0.25) is 5.43 Å². The average Bonchev–Trinajstić information content (AvgIpc) is 3.33. The van der Waals surface area contributed by atoms with Gasteiger partial charge < -0.3 is 9.63 Å². The molecular weight excluding hydrogens is 398 g/mol. The maximum atomic E-state index is 12.2. The molecule has 0 amide bonds. The second-order valence-electron chi connectivity index (χ2n) is 5.81. The van der Waals surface area contributed by atoms with E-state index in [9.17, 15) is 5.11 Å². The van der Waals surface area contributed by atoms with Crippen molar-refractivity contribution in [3.05, 3.63) is 70.6 Å². The molecule has 0 saturated carbocycles. The predicted molar refractivity (Wildman–Crippen MR) is 106 cm³/mol. The third-order valence-electron chi connectivity index (χ3n) is 3.94. The van der Waals surface area contributed by atoms with Crippen LogP contribution in [-0.2, 0) is 0 Å². The molecular formula is C19H14ClN5O2S. The number of benzene rings is 2. The van der Waals surface area contributed by atoms with E-state index in [-0.39, 0.29) is 5.69 Å². The fourth-order valence-corrected chi connectivity index (χ4v) is 3.29. The van der Waals surface area contributed by atoms with Gasteiger partial charge in [-0.15, -0.1) is 11.3 Å². The van der Waals surface area contributed by atoms with Gasteiger partial charge in [0.15, 0.2) is 11.6 Å². The van der Waals surface area contributed by atoms with Crippen LogP contribution in [0, 0.1) is 0 Å². The van der Waals surface area contributed by atoms with Crippen molar-refractivity contribution < 1.29 is 14.3 Å². The molecule has 28 heavy (non-hydrogen) atoms. The second-order valence-corrected chi connectivity index (χ2v) is 7.10. The van der Waals surface area contributed by atoms with Crippen LogP contribution in [-0.4, -0.2) is 16.0 Å². The molecule has 4 rings (SSSR count). The summed E-state index contributed by atoms with van der Waals surface area (Å²) in [6.07, 6.45) is 0. The smallest absolute Gasteiger partial charge is 0.289 e. The van der Waals surface area contributed by atoms with Gasteiger partial charge in [0.25, 0.3) is 5.69 Å². The fraction of sp³-hybridized carbons (Fsp3) is 0.0526. The van der Waals surface area contributed by atoms with Crippen LogP contribution < -0.4 is 15.2 Å². The lowest BCUT2D eigenvalue weighted by Crippen LogP contribution is -2.34. The molecule has 0 radical (unpaired) electrons. The lowest BCUT2D eigenvalue weighted by molar-refractivity contribution is -0.660. The van der Waals surface area contributed by atoms with Crippen molar-refractivity contribution >= 4 is 33.8 Å². The van der Waals surface area contributed by atoms with E-state index in [4.69, 9.17) is 16.1 Å². The van der Waals surface area contributed by atoms with Gasteiger partial charge in [-0.2, -0.15) is 5.10 Å². The van der Waals surface area contributed by atoms with Crippen molar-refractivity contribution in [3.63, 3.8) is 0 Å². The number of nitrogens with zero attached hydrogens (tertiary/aromatic N) is 4. The van der Waals surface area contributed by atoms with Crippen molar-refractivity contribution in [2.24, 2.45) is 5.10 Å². The molecule has 4 aromatic rings. The van der Waals surface area contributed by atoms with E-state index in [1.807, 2.05) is 37.3 Å². The van der Waals surface area contributed by atoms with Crippen LogP contribution in [0.4, 0.5) is 5.13 Å². The molecule has 140 valence electrons. The molecule has 7 nitrogen and oxygen atoms in total. The minimum atomic E-state index is -0.573. The topological polar surface area (TPSA) is 90.2 Å². The van der Waals surface area contributed by atoms with Crippen LogP contribution in [0.1, 0.15) is 12.5 Å². The Kier molecular flexibility index (Phi) is 5.05. The van der Waals surface area contributed by atoms with Gasteiger partial charge in [0.1, 0.15) is 0 Å². The first kappa shape index (κ1) is 18.1. The standard InChI is InChI=1S/C19H14ClN5O2S/c1-12(13-5-3-2-4-6-13)22-23-19-21-16(11-28-19)17-18(26)27-24-25(17)15-9-7-14(20)8-10-15/h2-11H,1H3,(H-,21,23,24,26)/b22-12-. The summed E-state index contributed by atoms with van der Waals surface area (Å²) in [5, 5.41) is 23.2. The van der Waals surface area contributed by atoms with Gasteiger partial charge in [0, 0.05) is 22.5 Å². The van der Waals surface area contributed by atoms with Crippen LogP contribution in [0.5, 0.6) is 5.95 Å². The summed E-state index contributed by atoms with van der Waals surface area (Å²) in [7, 11) is 0. The summed E-state index contributed by atoms with van der Waals surface area (Å²) in [5.74, 6) is -0.573. The number of anilines is 1. The number of rotatable bonds is 5. The summed E-state index contributed by atoms with van der Waals surface area (Å²) in [5.41, 5.74) is 6.08. The van der Waals surface area contributed by atoms with E-state index in [1.54, 1.807) is 29.6 Å². The Labute approximate surface area is 169 Å². The molecule has 2 aromatic carbocycles. The molecule has 0 aliphatic heterocycles. The fourth-order valence-electron chi connectivity index (χ4n) is 2.53. The number of halogens is 1. The maximum absolute atomic E-state index is 12.2. The molecule has 9 heteroatoms. The van der Waals surface area contributed by atoms with Gasteiger partial charge >= 0.3 is 0 Å². The highest BCUT2D eigenvalue weighted by Gasteiger charge is 2.24. The van der Waals surface area contributed by atoms with Crippen LogP contribution in [0.2, 0.25) is 5.02 Å². The van der Waals surface area contributed by atoms with Crippen LogP contribution in [0.15, 0.2) is 69.6 Å². The van der Waals surface area contributed by atoms with Gasteiger partial charge in [-0.05, 0) is 29.3 Å². The summed E-state index contributed by atoms with van der Waals surface area (Å²) in [6.45, 7) is 1.90. The number of nitrogens with one attached hydrogen (secondary N) is 1. The Balaban J connectivity index is 1.60. The quantitative estimate of drug-likeness (QED) is 0.307. The SMILES string of the molecule is C/C(=N/Nc1nc(-c2c([O-])on[n+]2-c2ccc(Cl)cc2)cs1)c1ccccc1. The molecule has 1 N–H and O–H groups in total. The average molecular weight is 412 g/mol. The van der Waals surface area contributed by atoms with Crippen molar-refractivity contribution in [3.8, 4) is 23.0 Å². The molecule has 0 spiro atoms. The Morgan fingerprint density at radius 3 is 2.68 bits per heavy atom. The van der Waals surface area contributed by atoms with Gasteiger partial charge in [-0.1, -0.05) is 41.9 Å². The summed E-state index contributed by atoms with van der Waals surface area (Å²) < 4.78 is 6.24. The highest BCUT2D eigenvalue weighted by atomic mass is 35.5. The maximum Gasteiger partial charge on any atom is 0.289 e. The Morgan fingerprint density at radius 2 is 1.93 bits per heavy atom. The minimum absolute atomic E-state index is 0.232. The molecule has 2 aromatic heterocycles. The van der Waals surface area contributed by atoms with Gasteiger partial charge in [0.2, 0.25) is 10.8 Å². The van der Waals surface area contributed by atoms with Gasteiger partial charge in [-0.25, -0.2) is 4.98 Å². The monoisotopic (exact) mass is 411 g/mol. The predicted octanol–water partition coefficient (Wildman–Crippen LogP) is 3.64. The highest BCUT2D eigenvalue weighted by molar-refractivity contribution is 7.14. The molecule has 0 saturated heterocycles. The Morgan fingerprint density at radius 1 is 1.18 bits per heavy atom. The van der Waals surface area contributed by atoms with Crippen molar-refractivity contribution in [2.45, 2.75) is 6.92 Å². The van der Waals surface area contributed by atoms with E-state index in [0.29, 0.717) is 21.5 Å². The van der Waals surface area contributed by atoms with Crippen molar-refractivity contribution in [2.75, 3.05) is 5.43 Å². The van der Waals surface area contributed by atoms with Crippen LogP contribution >= 0.6 is 22.9 Å². The molecule has 0 aliphatic rings. The van der Waals surface area contributed by atoms with E-state index in [2.05, 4.69) is 20.8 Å². The third-order valence-corrected chi connectivity index (χ3v) is 4.94. The summed E-state index contributed by atoms with van der Waals surface area (Å²) >= 11 is 7.25. The summed E-state index contributed by atoms with van der Waals surface area (Å²) in [6, 6.07) is 16.7. The van der Waals surface area contributed by atoms with Crippen LogP contribution in [0.25, 0.3) is 17.1 Å². The first-order valence-corrected chi connectivity index (χ1v) is 9.54. The minimum Gasteiger partial charge on any atom is -0.539 e. The Bertz CT molecular complexity index is 1120. The molecule has 2 heterocycles. The van der Waals surface area contributed by atoms with E-state index < -0.39 is 5.95 Å². The van der Waals surface area contributed by atoms with Crippen molar-refractivity contribution in [1.82, 2.24) is 10.3 Å². The lowest BCUT2D eigenvalue weighted by Gasteiger charge is -2.00. The molecule has 0 aliphatic carbocycles. The number of hydrazone groups is 1. The van der Waals surface area contributed by atoms with E-state index in [0.717, 1.165) is 11.3 Å². The van der Waals surface area contributed by atoms with Crippen molar-refractivity contribution in [1.29, 1.82) is 0 Å². The van der Waals surface area contributed by atoms with E-state index >= 15 is 0 Å². The third kappa shape index (κ3) is 3.73. The summed E-state index contributed by atoms with van der Waals surface area (Å²) in [4.78, 5) is 4.44. The van der Waals surface area contributed by atoms with Crippen LogP contribution in [0.3, 0.4) is 0 Å². The molecule has 0 atom stereocenters. The number of hydrogen-bond acceptors (Lipinski definition) is 7. The normalized spacial score (nSPS) is 11.6. The zero-order chi connectivity index (χ0) is 19.5. The number of aromatic nitrogens is 3. The Hall–Kier alpha value is -3.23. The lowest BCUT2D eigenvalue weighted by atomic mass is 10.1. The zero-order valence-electron chi connectivity index (χ0n) is 14.7. The molecule has 0 bridgehead atoms. The zero-order valence-corrected chi connectivity index (χ0v) is 16.2. The first-order chi connectivity index (χ1) is 13.6. The number of thiazole rings is 1. The highest BCUT2D eigenvalue weighted by Crippen LogP contribution is 2.28. The molecule has 0 fully saturated rings. The number of hydrogen-bond donors (Lipinski definition) is 1. The largest absolute Gasteiger partial charge is 0.539 e. The van der Waals surface area contributed by atoms with E-state index in [1.165, 1.54) is 16.0 Å². The first-order valence-electron chi connectivity index (χ1n) is 8.28. The van der Waals surface area contributed by atoms with Gasteiger partial charge in [0.05, 0.1) is 11.0 Å². The second kappa shape index (κ2) is 7.79. The molecule has 0 unspecified atom stereocenters.